The van der Waals surface area contributed by atoms with Gasteiger partial charge >= 0.3 is 0 Å². The highest BCUT2D eigenvalue weighted by Gasteiger charge is 2.11. The maximum absolute atomic E-state index is 12.0. The first kappa shape index (κ1) is 16.7. The molecule has 0 aliphatic rings. The number of rotatable bonds is 7. The summed E-state index contributed by atoms with van der Waals surface area (Å²) in [6, 6.07) is 16.4. The van der Waals surface area contributed by atoms with Crippen LogP contribution in [0.15, 0.2) is 60.9 Å². The number of nitrogens with one attached hydrogen (secondary N) is 2. The van der Waals surface area contributed by atoms with Crippen LogP contribution in [-0.2, 0) is 4.79 Å². The van der Waals surface area contributed by atoms with E-state index in [1.165, 1.54) is 6.33 Å². The van der Waals surface area contributed by atoms with Crippen molar-refractivity contribution in [3.05, 3.63) is 66.7 Å². The van der Waals surface area contributed by atoms with E-state index in [4.69, 9.17) is 10.5 Å². The predicted octanol–water partition coefficient (Wildman–Crippen LogP) is 3.02. The monoisotopic (exact) mass is 337 g/mol. The van der Waals surface area contributed by atoms with Gasteiger partial charge in [-0.2, -0.15) is 5.10 Å². The summed E-state index contributed by atoms with van der Waals surface area (Å²) in [7, 11) is 0. The molecule has 4 N–H and O–H groups in total. The normalized spacial score (nSPS) is 11.7. The Hall–Kier alpha value is -3.19. The van der Waals surface area contributed by atoms with Crippen LogP contribution in [0.5, 0.6) is 11.5 Å². The molecule has 25 heavy (non-hydrogen) atoms. The van der Waals surface area contributed by atoms with E-state index in [9.17, 15) is 4.79 Å². The first-order chi connectivity index (χ1) is 12.2. The van der Waals surface area contributed by atoms with E-state index >= 15 is 0 Å². The molecule has 0 spiro atoms. The molecule has 0 radical (unpaired) electrons. The van der Waals surface area contributed by atoms with Gasteiger partial charge in [0.25, 0.3) is 0 Å². The Bertz CT molecular complexity index is 788. The number of anilines is 1. The van der Waals surface area contributed by atoms with Crippen LogP contribution in [0.2, 0.25) is 0 Å². The second-order valence-electron chi connectivity index (χ2n) is 5.50. The summed E-state index contributed by atoms with van der Waals surface area (Å²) in [6.45, 7) is 0. The molecule has 3 aromatic rings. The third-order valence-corrected chi connectivity index (χ3v) is 3.58. The third kappa shape index (κ3) is 4.89. The number of carbonyl (C=O) groups is 1. The summed E-state index contributed by atoms with van der Waals surface area (Å²) in [5, 5.41) is 9.29. The van der Waals surface area contributed by atoms with Crippen molar-refractivity contribution in [1.82, 2.24) is 15.2 Å². The molecular weight excluding hydrogens is 318 g/mol. The van der Waals surface area contributed by atoms with Crippen molar-refractivity contribution in [1.29, 1.82) is 0 Å². The van der Waals surface area contributed by atoms with Gasteiger partial charge in [-0.15, -0.1) is 0 Å². The number of carbonyl (C=O) groups excluding carboxylic acids is 1. The van der Waals surface area contributed by atoms with Gasteiger partial charge in [-0.25, -0.2) is 4.98 Å². The number of nitrogens with two attached hydrogens (primary N) is 1. The maximum Gasteiger partial charge on any atom is 0.224 e. The Kier molecular flexibility index (Phi) is 5.38. The minimum atomic E-state index is -0.338. The van der Waals surface area contributed by atoms with E-state index in [0.29, 0.717) is 30.1 Å². The number of aromatic nitrogens is 3. The fourth-order valence-electron chi connectivity index (χ4n) is 2.27. The average Bonchev–Trinajstić information content (AvgIpc) is 3.17. The number of benzene rings is 2. The van der Waals surface area contributed by atoms with Crippen molar-refractivity contribution in [3.8, 4) is 11.5 Å². The average molecular weight is 337 g/mol. The molecular formula is C18H19N5O2. The molecule has 1 heterocycles. The Labute approximate surface area is 145 Å². The quantitative estimate of drug-likeness (QED) is 0.614. The van der Waals surface area contributed by atoms with Crippen LogP contribution in [-0.4, -0.2) is 21.1 Å². The Balaban J connectivity index is 1.48. The second kappa shape index (κ2) is 8.07. The van der Waals surface area contributed by atoms with E-state index in [0.717, 1.165) is 5.75 Å². The molecule has 0 aliphatic heterocycles. The smallest absolute Gasteiger partial charge is 0.224 e. The Morgan fingerprint density at radius 1 is 1.12 bits per heavy atom. The number of ether oxygens (including phenoxy) is 1. The minimum absolute atomic E-state index is 0.105. The molecule has 2 aromatic carbocycles. The lowest BCUT2D eigenvalue weighted by Gasteiger charge is -2.10. The summed E-state index contributed by atoms with van der Waals surface area (Å²) in [4.78, 5) is 16.0. The van der Waals surface area contributed by atoms with Crippen LogP contribution < -0.4 is 15.8 Å². The van der Waals surface area contributed by atoms with Crippen molar-refractivity contribution in [2.75, 3.05) is 5.32 Å². The molecule has 0 saturated carbocycles. The molecule has 0 unspecified atom stereocenters. The van der Waals surface area contributed by atoms with Gasteiger partial charge in [-0.05, 0) is 42.8 Å². The zero-order chi connectivity index (χ0) is 17.5. The molecule has 1 atom stereocenters. The molecule has 0 bridgehead atoms. The molecule has 7 heteroatoms. The third-order valence-electron chi connectivity index (χ3n) is 3.58. The Morgan fingerprint density at radius 3 is 2.52 bits per heavy atom. The lowest BCUT2D eigenvalue weighted by atomic mass is 10.1. The fourth-order valence-corrected chi connectivity index (χ4v) is 2.27. The van der Waals surface area contributed by atoms with Gasteiger partial charge in [-0.1, -0.05) is 18.2 Å². The second-order valence-corrected chi connectivity index (χ2v) is 5.50. The molecule has 1 aromatic heterocycles. The van der Waals surface area contributed by atoms with Crippen LogP contribution in [0.4, 0.5) is 5.69 Å². The van der Waals surface area contributed by atoms with E-state index < -0.39 is 0 Å². The van der Waals surface area contributed by atoms with Crippen LogP contribution in [0.1, 0.15) is 24.7 Å². The summed E-state index contributed by atoms with van der Waals surface area (Å²) in [5.41, 5.74) is 6.65. The molecule has 128 valence electrons. The van der Waals surface area contributed by atoms with Gasteiger partial charge in [-0.3, -0.25) is 9.89 Å². The lowest BCUT2D eigenvalue weighted by Crippen LogP contribution is -2.17. The highest BCUT2D eigenvalue weighted by atomic mass is 16.5. The number of H-pyrrole nitrogens is 1. The van der Waals surface area contributed by atoms with Gasteiger partial charge in [0, 0.05) is 12.1 Å². The van der Waals surface area contributed by atoms with Gasteiger partial charge in [0.1, 0.15) is 23.7 Å². The summed E-state index contributed by atoms with van der Waals surface area (Å²) in [6.07, 6.45) is 2.18. The van der Waals surface area contributed by atoms with Crippen molar-refractivity contribution in [2.24, 2.45) is 5.73 Å². The number of hydrogen-bond acceptors (Lipinski definition) is 5. The molecule has 0 saturated heterocycles. The van der Waals surface area contributed by atoms with Crippen molar-refractivity contribution >= 4 is 11.6 Å². The lowest BCUT2D eigenvalue weighted by molar-refractivity contribution is -0.116. The highest BCUT2D eigenvalue weighted by molar-refractivity contribution is 5.90. The van der Waals surface area contributed by atoms with Gasteiger partial charge in [0.2, 0.25) is 5.91 Å². The first-order valence-electron chi connectivity index (χ1n) is 7.94. The summed E-state index contributed by atoms with van der Waals surface area (Å²) in [5.74, 6) is 1.94. The van der Waals surface area contributed by atoms with Crippen LogP contribution >= 0.6 is 0 Å². The van der Waals surface area contributed by atoms with E-state index in [1.807, 2.05) is 42.5 Å². The van der Waals surface area contributed by atoms with Crippen LogP contribution in [0, 0.1) is 0 Å². The first-order valence-corrected chi connectivity index (χ1v) is 7.94. The molecule has 0 aliphatic carbocycles. The number of hydrogen-bond donors (Lipinski definition) is 3. The van der Waals surface area contributed by atoms with Gasteiger partial charge in [0.05, 0.1) is 6.04 Å². The highest BCUT2D eigenvalue weighted by Crippen LogP contribution is 2.22. The number of nitrogens with zero attached hydrogens (tertiary/aromatic N) is 2. The minimum Gasteiger partial charge on any atom is -0.457 e. The van der Waals surface area contributed by atoms with Crippen LogP contribution in [0.25, 0.3) is 0 Å². The van der Waals surface area contributed by atoms with Crippen LogP contribution in [0.3, 0.4) is 0 Å². The van der Waals surface area contributed by atoms with E-state index in [1.54, 1.807) is 12.1 Å². The van der Waals surface area contributed by atoms with Crippen molar-refractivity contribution in [3.63, 3.8) is 0 Å². The fraction of sp³-hybridized carbons (Fsp3) is 0.167. The Morgan fingerprint density at radius 2 is 1.84 bits per heavy atom. The molecule has 1 amide bonds. The van der Waals surface area contributed by atoms with Crippen molar-refractivity contribution < 1.29 is 9.53 Å². The van der Waals surface area contributed by atoms with Gasteiger partial charge < -0.3 is 15.8 Å². The zero-order valence-corrected chi connectivity index (χ0v) is 13.6. The topological polar surface area (TPSA) is 106 Å². The zero-order valence-electron chi connectivity index (χ0n) is 13.6. The predicted molar refractivity (Wildman–Crippen MR) is 94.1 cm³/mol. The molecule has 7 nitrogen and oxygen atoms in total. The summed E-state index contributed by atoms with van der Waals surface area (Å²) >= 11 is 0. The SMILES string of the molecule is N[C@@H](CCC(=O)Nc1ccc(Oc2ccccc2)cc1)c1ncn[nH]1. The van der Waals surface area contributed by atoms with E-state index in [2.05, 4.69) is 20.5 Å². The molecule has 3 rings (SSSR count). The molecule has 0 fully saturated rings. The summed E-state index contributed by atoms with van der Waals surface area (Å²) < 4.78 is 5.71. The number of amides is 1. The number of aromatic amines is 1. The van der Waals surface area contributed by atoms with Gasteiger partial charge in [0.15, 0.2) is 0 Å². The number of para-hydroxylation sites is 1. The maximum atomic E-state index is 12.0. The van der Waals surface area contributed by atoms with E-state index in [-0.39, 0.29) is 11.9 Å². The standard InChI is InChI=1S/C18H19N5O2/c19-16(18-20-12-21-23-18)10-11-17(24)22-13-6-8-15(9-7-13)25-14-4-2-1-3-5-14/h1-9,12,16H,10-11,19H2,(H,22,24)(H,20,21,23)/t16-/m0/s1. The largest absolute Gasteiger partial charge is 0.457 e. The van der Waals surface area contributed by atoms with Crippen molar-refractivity contribution in [2.45, 2.75) is 18.9 Å².